The average Bonchev–Trinajstić information content (AvgIpc) is 2.79. The summed E-state index contributed by atoms with van der Waals surface area (Å²) in [5.41, 5.74) is 3.12. The van der Waals surface area contributed by atoms with Crippen LogP contribution in [0.25, 0.3) is 0 Å². The summed E-state index contributed by atoms with van der Waals surface area (Å²) in [5, 5.41) is 0. The van der Waals surface area contributed by atoms with Crippen molar-refractivity contribution in [3.8, 4) is 17.6 Å². The minimum atomic E-state index is -3.48. The molecule has 0 heterocycles. The average molecular weight is 499 g/mol. The van der Waals surface area contributed by atoms with E-state index in [9.17, 15) is 17.2 Å². The van der Waals surface area contributed by atoms with Gasteiger partial charge in [-0.3, -0.25) is 4.72 Å². The number of sulfonamides is 1. The molecule has 0 aliphatic rings. The lowest BCUT2D eigenvalue weighted by Crippen LogP contribution is -2.24. The molecule has 0 spiro atoms. The molecule has 0 atom stereocenters. The second-order valence-electron chi connectivity index (χ2n) is 8.08. The van der Waals surface area contributed by atoms with E-state index in [0.717, 1.165) is 29.3 Å². The first-order valence-electron chi connectivity index (χ1n) is 11.0. The van der Waals surface area contributed by atoms with Gasteiger partial charge in [-0.25, -0.2) is 17.2 Å². The first kappa shape index (κ1) is 26.0. The van der Waals surface area contributed by atoms with E-state index in [1.807, 2.05) is 35.2 Å². The quantitative estimate of drug-likeness (QED) is 0.290. The lowest BCUT2D eigenvalue weighted by atomic mass is 10.1. The predicted octanol–water partition coefficient (Wildman–Crippen LogP) is 5.64. The Labute approximate surface area is 205 Å². The summed E-state index contributed by atoms with van der Waals surface area (Å²) in [6, 6.07) is 16.3. The third kappa shape index (κ3) is 7.72. The van der Waals surface area contributed by atoms with Crippen LogP contribution in [0.15, 0.2) is 60.7 Å². The van der Waals surface area contributed by atoms with Crippen LogP contribution in [0.5, 0.6) is 5.75 Å². The Kier molecular flexibility index (Phi) is 8.72. The van der Waals surface area contributed by atoms with Gasteiger partial charge in [0, 0.05) is 36.8 Å². The van der Waals surface area contributed by atoms with E-state index in [2.05, 4.69) is 16.6 Å². The fourth-order valence-corrected chi connectivity index (χ4v) is 4.24. The highest BCUT2D eigenvalue weighted by Crippen LogP contribution is 2.30. The standard InChI is InChI=1S/C27H28F2N2O3S/c1-4-5-6-16-34-24-14-10-21(11-15-24)18-31(19-22-12-13-23(28)17-25(22)29)27-9-7-8-26(20(27)2)30-35(3,32)33/h7-15,17,30H,6,16,18-19H2,1-3H3. The van der Waals surface area contributed by atoms with E-state index >= 15 is 0 Å². The molecule has 0 saturated heterocycles. The number of ether oxygens (including phenoxy) is 1. The Morgan fingerprint density at radius 3 is 2.43 bits per heavy atom. The normalized spacial score (nSPS) is 10.9. The van der Waals surface area contributed by atoms with Gasteiger partial charge < -0.3 is 9.64 Å². The number of hydrogen-bond donors (Lipinski definition) is 1. The minimum Gasteiger partial charge on any atom is -0.493 e. The topological polar surface area (TPSA) is 58.6 Å². The highest BCUT2D eigenvalue weighted by atomic mass is 32.2. The maximum Gasteiger partial charge on any atom is 0.229 e. The van der Waals surface area contributed by atoms with Gasteiger partial charge in [0.25, 0.3) is 0 Å². The van der Waals surface area contributed by atoms with E-state index in [1.165, 1.54) is 12.1 Å². The minimum absolute atomic E-state index is 0.156. The summed E-state index contributed by atoms with van der Waals surface area (Å²) in [7, 11) is -3.48. The van der Waals surface area contributed by atoms with Crippen molar-refractivity contribution in [2.75, 3.05) is 22.5 Å². The lowest BCUT2D eigenvalue weighted by Gasteiger charge is -2.28. The molecule has 3 aromatic rings. The van der Waals surface area contributed by atoms with Crippen molar-refractivity contribution in [1.29, 1.82) is 0 Å². The molecular formula is C27H28F2N2O3S. The predicted molar refractivity (Wildman–Crippen MR) is 136 cm³/mol. The maximum absolute atomic E-state index is 14.5. The summed E-state index contributed by atoms with van der Waals surface area (Å²) < 4.78 is 59.8. The van der Waals surface area contributed by atoms with Crippen molar-refractivity contribution in [3.63, 3.8) is 0 Å². The largest absolute Gasteiger partial charge is 0.493 e. The zero-order chi connectivity index (χ0) is 25.4. The van der Waals surface area contributed by atoms with Gasteiger partial charge in [0.05, 0.1) is 18.6 Å². The molecule has 0 aromatic heterocycles. The van der Waals surface area contributed by atoms with Crippen molar-refractivity contribution in [2.24, 2.45) is 0 Å². The summed E-state index contributed by atoms with van der Waals surface area (Å²) in [6.45, 7) is 4.64. The van der Waals surface area contributed by atoms with Crippen LogP contribution >= 0.6 is 0 Å². The number of benzene rings is 3. The Bertz CT molecular complexity index is 1330. The Morgan fingerprint density at radius 2 is 1.77 bits per heavy atom. The molecule has 35 heavy (non-hydrogen) atoms. The van der Waals surface area contributed by atoms with Gasteiger partial charge in [0.15, 0.2) is 0 Å². The Hall–Kier alpha value is -3.57. The van der Waals surface area contributed by atoms with Crippen molar-refractivity contribution in [1.82, 2.24) is 0 Å². The van der Waals surface area contributed by atoms with E-state index in [4.69, 9.17) is 4.74 Å². The summed E-state index contributed by atoms with van der Waals surface area (Å²) in [6.07, 6.45) is 1.73. The molecule has 1 N–H and O–H groups in total. The van der Waals surface area contributed by atoms with Gasteiger partial charge in [0.2, 0.25) is 10.0 Å². The molecule has 3 aromatic carbocycles. The molecular weight excluding hydrogens is 470 g/mol. The number of anilines is 2. The SMILES string of the molecule is CC#CCCOc1ccc(CN(Cc2ccc(F)cc2F)c2cccc(NS(C)(=O)=O)c2C)cc1. The molecule has 0 unspecified atom stereocenters. The highest BCUT2D eigenvalue weighted by molar-refractivity contribution is 7.92. The van der Waals surface area contributed by atoms with Crippen LogP contribution in [0.3, 0.4) is 0 Å². The number of rotatable bonds is 10. The molecule has 0 radical (unpaired) electrons. The van der Waals surface area contributed by atoms with E-state index in [1.54, 1.807) is 26.0 Å². The van der Waals surface area contributed by atoms with Gasteiger partial charge in [-0.15, -0.1) is 11.8 Å². The maximum atomic E-state index is 14.5. The molecule has 0 fully saturated rings. The van der Waals surface area contributed by atoms with Gasteiger partial charge in [-0.2, -0.15) is 0 Å². The number of halogens is 2. The van der Waals surface area contributed by atoms with Crippen LogP contribution in [0.2, 0.25) is 0 Å². The van der Waals surface area contributed by atoms with Gasteiger partial charge in [-0.1, -0.05) is 24.3 Å². The molecule has 0 aliphatic heterocycles. The summed E-state index contributed by atoms with van der Waals surface area (Å²) >= 11 is 0. The smallest absolute Gasteiger partial charge is 0.229 e. The first-order chi connectivity index (χ1) is 16.7. The fraction of sp³-hybridized carbons (Fsp3) is 0.259. The zero-order valence-electron chi connectivity index (χ0n) is 19.9. The van der Waals surface area contributed by atoms with Crippen LogP contribution in [0.1, 0.15) is 30.0 Å². The molecule has 0 amide bonds. The van der Waals surface area contributed by atoms with Crippen LogP contribution < -0.4 is 14.4 Å². The van der Waals surface area contributed by atoms with Crippen LogP contribution in [-0.2, 0) is 23.1 Å². The van der Waals surface area contributed by atoms with Crippen molar-refractivity contribution >= 4 is 21.4 Å². The second-order valence-corrected chi connectivity index (χ2v) is 9.83. The monoisotopic (exact) mass is 498 g/mol. The van der Waals surface area contributed by atoms with Crippen LogP contribution in [0.4, 0.5) is 20.2 Å². The summed E-state index contributed by atoms with van der Waals surface area (Å²) in [5.74, 6) is 5.21. The number of nitrogens with zero attached hydrogens (tertiary/aromatic N) is 1. The first-order valence-corrected chi connectivity index (χ1v) is 12.9. The Balaban J connectivity index is 1.90. The number of nitrogens with one attached hydrogen (secondary N) is 1. The molecule has 3 rings (SSSR count). The third-order valence-corrected chi connectivity index (χ3v) is 5.88. The highest BCUT2D eigenvalue weighted by Gasteiger charge is 2.17. The molecule has 0 aliphatic carbocycles. The van der Waals surface area contributed by atoms with E-state index in [0.29, 0.717) is 36.4 Å². The van der Waals surface area contributed by atoms with Gasteiger partial charge in [-0.05, 0) is 55.3 Å². The summed E-state index contributed by atoms with van der Waals surface area (Å²) in [4.78, 5) is 1.92. The van der Waals surface area contributed by atoms with Crippen molar-refractivity contribution in [3.05, 3.63) is 89.0 Å². The molecule has 5 nitrogen and oxygen atoms in total. The number of hydrogen-bond acceptors (Lipinski definition) is 4. The third-order valence-electron chi connectivity index (χ3n) is 5.29. The van der Waals surface area contributed by atoms with Crippen molar-refractivity contribution in [2.45, 2.75) is 33.4 Å². The Morgan fingerprint density at radius 1 is 1.03 bits per heavy atom. The lowest BCUT2D eigenvalue weighted by molar-refractivity contribution is 0.327. The van der Waals surface area contributed by atoms with E-state index < -0.39 is 21.7 Å². The van der Waals surface area contributed by atoms with Crippen LogP contribution in [0, 0.1) is 30.4 Å². The molecule has 0 saturated carbocycles. The van der Waals surface area contributed by atoms with Crippen molar-refractivity contribution < 1.29 is 21.9 Å². The zero-order valence-corrected chi connectivity index (χ0v) is 20.8. The van der Waals surface area contributed by atoms with Crippen LogP contribution in [-0.4, -0.2) is 21.3 Å². The van der Waals surface area contributed by atoms with Gasteiger partial charge >= 0.3 is 0 Å². The molecule has 8 heteroatoms. The van der Waals surface area contributed by atoms with E-state index in [-0.39, 0.29) is 6.54 Å². The molecule has 0 bridgehead atoms. The fourth-order valence-electron chi connectivity index (χ4n) is 3.61. The second kappa shape index (κ2) is 11.7. The molecule has 184 valence electrons. The van der Waals surface area contributed by atoms with Gasteiger partial charge in [0.1, 0.15) is 17.4 Å².